The number of rotatable bonds is 9. The number of aliphatic hydroxyl groups is 2. The third-order valence-corrected chi connectivity index (χ3v) is 8.29. The van der Waals surface area contributed by atoms with Crippen LogP contribution in [0.1, 0.15) is 18.9 Å². The number of fused-ring (bicyclic) bond motifs is 2. The van der Waals surface area contributed by atoms with Crippen LogP contribution in [0.3, 0.4) is 0 Å². The van der Waals surface area contributed by atoms with Gasteiger partial charge in [-0.25, -0.2) is 9.97 Å². The first-order valence-electron chi connectivity index (χ1n) is 14.2. The van der Waals surface area contributed by atoms with E-state index in [9.17, 15) is 46.1 Å². The fourth-order valence-corrected chi connectivity index (χ4v) is 5.98. The van der Waals surface area contributed by atoms with E-state index in [2.05, 4.69) is 29.9 Å². The Hall–Kier alpha value is -4.40. The molecule has 6 rings (SSSR count). The number of hydrogen-bond donors (Lipinski definition) is 8. The number of nitrogens with one attached hydrogen (secondary N) is 4. The molecule has 25 heteroatoms. The van der Waals surface area contributed by atoms with Crippen LogP contribution < -0.4 is 33.2 Å². The molecule has 0 amide bonds. The van der Waals surface area contributed by atoms with Gasteiger partial charge in [0.15, 0.2) is 28.6 Å². The summed E-state index contributed by atoms with van der Waals surface area (Å²) in [5.74, 6) is -0.669. The fraction of sp³-hybridized carbons (Fsp3) is 0.583. The first-order chi connectivity index (χ1) is 23.0. The molecule has 6 heterocycles. The number of aliphatic hydroxyl groups excluding tert-OH is 2. The van der Waals surface area contributed by atoms with E-state index in [1.54, 1.807) is 5.32 Å². The topological polar surface area (TPSA) is 271 Å². The van der Waals surface area contributed by atoms with Crippen molar-refractivity contribution in [1.82, 2.24) is 49.7 Å². The number of halogens is 6. The van der Waals surface area contributed by atoms with Crippen LogP contribution in [0.4, 0.5) is 38.2 Å². The lowest BCUT2D eigenvalue weighted by molar-refractivity contribution is -0.322. The zero-order chi connectivity index (χ0) is 35.6. The van der Waals surface area contributed by atoms with Gasteiger partial charge >= 0.3 is 12.4 Å². The van der Waals surface area contributed by atoms with Gasteiger partial charge in [-0.05, 0) is 0 Å². The minimum atomic E-state index is -6.11. The Morgan fingerprint density at radius 3 is 2.04 bits per heavy atom. The van der Waals surface area contributed by atoms with Crippen LogP contribution in [0.5, 0.6) is 0 Å². The molecule has 49 heavy (non-hydrogen) atoms. The van der Waals surface area contributed by atoms with Gasteiger partial charge in [-0.3, -0.25) is 39.3 Å². The standard InChI is InChI=1S/C24H28F6N12O7/c1-47-14-11(9(4-43)49-19(14)42-6-34-13-16(42)37-21(32)39-18(13)46)40-22(23(25,26)27,24(28,29)30)35-3-8-7(44)2-10(48-8)41-5-33-12-15(41)36-20(31)38-17(12)45/h5-11,14,19,35,40,43-44H,2-4H2,1H3,(H3,31,36,38,45)(H3,32,37,39,46). The second kappa shape index (κ2) is 12.2. The molecule has 7 unspecified atom stereocenters. The van der Waals surface area contributed by atoms with Gasteiger partial charge in [-0.1, -0.05) is 0 Å². The van der Waals surface area contributed by atoms with E-state index in [0.29, 0.717) is 0 Å². The van der Waals surface area contributed by atoms with E-state index < -0.39 is 85.2 Å². The van der Waals surface area contributed by atoms with E-state index in [0.717, 1.165) is 28.9 Å². The second-order valence-electron chi connectivity index (χ2n) is 11.2. The van der Waals surface area contributed by atoms with Gasteiger partial charge in [0, 0.05) is 20.1 Å². The summed E-state index contributed by atoms with van der Waals surface area (Å²) in [5.41, 5.74) is 4.01. The summed E-state index contributed by atoms with van der Waals surface area (Å²) in [4.78, 5) is 44.4. The number of ether oxygens (including phenoxy) is 3. The Morgan fingerprint density at radius 2 is 1.51 bits per heavy atom. The van der Waals surface area contributed by atoms with Crippen molar-refractivity contribution in [2.24, 2.45) is 0 Å². The second-order valence-corrected chi connectivity index (χ2v) is 11.2. The van der Waals surface area contributed by atoms with Crippen molar-refractivity contribution >= 4 is 34.2 Å². The van der Waals surface area contributed by atoms with Gasteiger partial charge in [0.1, 0.15) is 18.4 Å². The van der Waals surface area contributed by atoms with Crippen molar-refractivity contribution < 1.29 is 50.8 Å². The largest absolute Gasteiger partial charge is 0.429 e. The normalized spacial score (nSPS) is 26.8. The number of hydrogen-bond acceptors (Lipinski definition) is 15. The van der Waals surface area contributed by atoms with E-state index in [-0.39, 0.29) is 40.6 Å². The van der Waals surface area contributed by atoms with Gasteiger partial charge in [0.05, 0.1) is 37.5 Å². The van der Waals surface area contributed by atoms with Crippen LogP contribution in [0.25, 0.3) is 22.3 Å². The van der Waals surface area contributed by atoms with E-state index >= 15 is 0 Å². The molecule has 0 bridgehead atoms. The molecule has 0 aliphatic carbocycles. The maximum Gasteiger partial charge on any atom is 0.429 e. The van der Waals surface area contributed by atoms with Crippen LogP contribution in [-0.2, 0) is 14.2 Å². The predicted molar refractivity (Wildman–Crippen MR) is 151 cm³/mol. The van der Waals surface area contributed by atoms with Crippen molar-refractivity contribution in [3.8, 4) is 0 Å². The highest BCUT2D eigenvalue weighted by molar-refractivity contribution is 5.71. The first-order valence-corrected chi connectivity index (χ1v) is 14.2. The van der Waals surface area contributed by atoms with E-state index in [4.69, 9.17) is 25.7 Å². The summed E-state index contributed by atoms with van der Waals surface area (Å²) in [6, 6.07) is -2.03. The number of alkyl halides is 6. The molecule has 0 aromatic carbocycles. The maximum atomic E-state index is 14.7. The highest BCUT2D eigenvalue weighted by Gasteiger charge is 2.73. The Kier molecular flexibility index (Phi) is 8.57. The van der Waals surface area contributed by atoms with Gasteiger partial charge in [-0.15, -0.1) is 0 Å². The third-order valence-electron chi connectivity index (χ3n) is 8.29. The maximum absolute atomic E-state index is 14.7. The molecule has 7 atom stereocenters. The third kappa shape index (κ3) is 5.75. The molecule has 10 N–H and O–H groups in total. The van der Waals surface area contributed by atoms with Gasteiger partial charge in [-0.2, -0.15) is 36.3 Å². The minimum absolute atomic E-state index is 0.0988. The zero-order valence-corrected chi connectivity index (χ0v) is 24.9. The molecule has 19 nitrogen and oxygen atoms in total. The number of H-pyrrole nitrogens is 2. The number of aromatic amines is 2. The number of imidazole rings is 2. The average molecular weight is 711 g/mol. The Morgan fingerprint density at radius 1 is 0.959 bits per heavy atom. The fourth-order valence-electron chi connectivity index (χ4n) is 5.98. The van der Waals surface area contributed by atoms with Crippen molar-refractivity contribution in [3.05, 3.63) is 33.4 Å². The van der Waals surface area contributed by atoms with E-state index in [1.807, 2.05) is 0 Å². The molecule has 2 fully saturated rings. The lowest BCUT2D eigenvalue weighted by atomic mass is 10.0. The van der Waals surface area contributed by atoms with Crippen molar-refractivity contribution in [2.75, 3.05) is 31.7 Å². The smallest absolute Gasteiger partial charge is 0.394 e. The number of nitrogens with two attached hydrogens (primary N) is 2. The van der Waals surface area contributed by atoms with Crippen LogP contribution in [0.2, 0.25) is 0 Å². The van der Waals surface area contributed by atoms with Crippen molar-refractivity contribution in [3.63, 3.8) is 0 Å². The quantitative estimate of drug-likeness (QED) is 0.0713. The number of anilines is 2. The summed E-state index contributed by atoms with van der Waals surface area (Å²) in [5, 5.41) is 23.7. The summed E-state index contributed by atoms with van der Waals surface area (Å²) in [7, 11) is 0.985. The summed E-state index contributed by atoms with van der Waals surface area (Å²) >= 11 is 0. The van der Waals surface area contributed by atoms with Crippen LogP contribution in [0, 0.1) is 0 Å². The lowest BCUT2D eigenvalue weighted by Gasteiger charge is -2.42. The molecule has 268 valence electrons. The Labute approximate surface area is 267 Å². The molecule has 4 aromatic rings. The zero-order valence-electron chi connectivity index (χ0n) is 24.9. The number of nitrogen functional groups attached to an aromatic ring is 2. The lowest BCUT2D eigenvalue weighted by Crippen LogP contribution is -2.78. The monoisotopic (exact) mass is 710 g/mol. The van der Waals surface area contributed by atoms with Gasteiger partial charge in [0.2, 0.25) is 11.9 Å². The SMILES string of the molecule is COC1C(NC(NCC2OC(n3cnc4c(=O)[nH]c(N)nc43)CC2O)(C(F)(F)F)C(F)(F)F)C(CO)OC1n1cnc2c(=O)[nH]c(N)nc21. The highest BCUT2D eigenvalue weighted by atomic mass is 19.4. The molecule has 2 aliphatic rings. The molecule has 0 saturated carbocycles. The Bertz CT molecular complexity index is 1950. The van der Waals surface area contributed by atoms with Crippen molar-refractivity contribution in [1.29, 1.82) is 0 Å². The predicted octanol–water partition coefficient (Wildman–Crippen LogP) is -1.66. The summed E-state index contributed by atoms with van der Waals surface area (Å²) in [6.07, 6.45) is -19.9. The minimum Gasteiger partial charge on any atom is -0.394 e. The van der Waals surface area contributed by atoms with Gasteiger partial charge < -0.3 is 35.9 Å². The number of methoxy groups -OCH3 is 1. The number of nitrogens with zero attached hydrogens (tertiary/aromatic N) is 6. The highest BCUT2D eigenvalue weighted by Crippen LogP contribution is 2.44. The summed E-state index contributed by atoms with van der Waals surface area (Å²) in [6.45, 7) is -2.29. The molecule has 2 saturated heterocycles. The molecule has 2 aliphatic heterocycles. The molecular formula is C24H28F6N12O7. The molecular weight excluding hydrogens is 682 g/mol. The number of aromatic nitrogens is 8. The van der Waals surface area contributed by atoms with Crippen LogP contribution in [-0.4, -0.2) is 118 Å². The van der Waals surface area contributed by atoms with Crippen LogP contribution in [0.15, 0.2) is 22.2 Å². The summed E-state index contributed by atoms with van der Waals surface area (Å²) < 4.78 is 107. The Balaban J connectivity index is 1.30. The van der Waals surface area contributed by atoms with E-state index in [1.165, 1.54) is 5.32 Å². The molecule has 4 aromatic heterocycles. The molecule has 0 spiro atoms. The molecule has 0 radical (unpaired) electrons. The first kappa shape index (κ1) is 34.5. The van der Waals surface area contributed by atoms with Crippen molar-refractivity contribution in [2.45, 2.75) is 67.3 Å². The van der Waals surface area contributed by atoms with Crippen LogP contribution >= 0.6 is 0 Å². The average Bonchev–Trinajstić information content (AvgIpc) is 3.77. The van der Waals surface area contributed by atoms with Gasteiger partial charge in [0.25, 0.3) is 16.8 Å².